The Balaban J connectivity index is 1.88. The molecular formula is C14H15N5OS2. The highest BCUT2D eigenvalue weighted by molar-refractivity contribution is 7.98. The molecule has 0 spiro atoms. The van der Waals surface area contributed by atoms with Crippen molar-refractivity contribution in [2.75, 3.05) is 11.6 Å². The number of fused-ring (bicyclic) bond motifs is 1. The fraction of sp³-hybridized carbons (Fsp3) is 0.286. The second kappa shape index (κ2) is 6.45. The average molecular weight is 333 g/mol. The Hall–Kier alpha value is -1.93. The molecule has 0 bridgehead atoms. The number of aryl methyl sites for hydroxylation is 1. The van der Waals surface area contributed by atoms with Crippen molar-refractivity contribution in [1.82, 2.24) is 19.6 Å². The van der Waals surface area contributed by atoms with Crippen LogP contribution in [0.15, 0.2) is 29.6 Å². The summed E-state index contributed by atoms with van der Waals surface area (Å²) in [5.74, 6) is -0.261. The van der Waals surface area contributed by atoms with Crippen LogP contribution in [0.4, 0.5) is 5.13 Å². The fourth-order valence-corrected chi connectivity index (χ4v) is 3.47. The highest BCUT2D eigenvalue weighted by Gasteiger charge is 2.18. The van der Waals surface area contributed by atoms with E-state index in [0.717, 1.165) is 28.5 Å². The number of carbonyl (C=O) groups excluding carboxylic acids is 1. The Morgan fingerprint density at radius 3 is 3.05 bits per heavy atom. The minimum atomic E-state index is -0.261. The van der Waals surface area contributed by atoms with E-state index in [9.17, 15) is 4.79 Å². The molecule has 6 nitrogen and oxygen atoms in total. The van der Waals surface area contributed by atoms with Gasteiger partial charge in [0.2, 0.25) is 5.13 Å². The minimum Gasteiger partial charge on any atom is -0.295 e. The molecule has 0 unspecified atom stereocenters. The Bertz CT molecular complexity index is 811. The van der Waals surface area contributed by atoms with Crippen molar-refractivity contribution in [1.29, 1.82) is 0 Å². The highest BCUT2D eigenvalue weighted by Crippen LogP contribution is 2.22. The first kappa shape index (κ1) is 15.0. The highest BCUT2D eigenvalue weighted by atomic mass is 32.2. The molecule has 0 atom stereocenters. The largest absolute Gasteiger partial charge is 0.295 e. The van der Waals surface area contributed by atoms with Crippen molar-refractivity contribution < 1.29 is 4.79 Å². The zero-order valence-electron chi connectivity index (χ0n) is 12.2. The zero-order chi connectivity index (χ0) is 15.5. The predicted octanol–water partition coefficient (Wildman–Crippen LogP) is 3.11. The van der Waals surface area contributed by atoms with E-state index in [1.54, 1.807) is 0 Å². The van der Waals surface area contributed by atoms with Crippen LogP contribution in [-0.2, 0) is 6.42 Å². The van der Waals surface area contributed by atoms with Gasteiger partial charge >= 0.3 is 0 Å². The van der Waals surface area contributed by atoms with Gasteiger partial charge in [-0.05, 0) is 24.8 Å². The van der Waals surface area contributed by atoms with Crippen LogP contribution in [0.3, 0.4) is 0 Å². The molecule has 0 aliphatic carbocycles. The summed E-state index contributed by atoms with van der Waals surface area (Å²) >= 11 is 2.90. The van der Waals surface area contributed by atoms with Crippen molar-refractivity contribution in [2.24, 2.45) is 0 Å². The summed E-state index contributed by atoms with van der Waals surface area (Å²) in [6.07, 6.45) is 5.71. The number of nitrogens with zero attached hydrogens (tertiary/aromatic N) is 4. The Kier molecular flexibility index (Phi) is 4.39. The molecule has 1 amide bonds. The van der Waals surface area contributed by atoms with E-state index < -0.39 is 0 Å². The second-order valence-electron chi connectivity index (χ2n) is 4.61. The standard InChI is InChI=1S/C14H15N5OS2/c1-3-6-10-17-18-13(22-10)16-12(20)11-9-7-4-5-8-19(9)14(15-11)21-2/h4-5,7-8H,3,6H2,1-2H3,(H,16,18,20). The number of rotatable bonds is 5. The Morgan fingerprint density at radius 2 is 2.27 bits per heavy atom. The molecule has 114 valence electrons. The number of anilines is 1. The van der Waals surface area contributed by atoms with Gasteiger partial charge in [0, 0.05) is 12.6 Å². The van der Waals surface area contributed by atoms with Gasteiger partial charge in [-0.1, -0.05) is 36.1 Å². The molecule has 0 aliphatic rings. The van der Waals surface area contributed by atoms with Crippen LogP contribution < -0.4 is 5.32 Å². The van der Waals surface area contributed by atoms with Crippen LogP contribution in [0.25, 0.3) is 5.52 Å². The Labute approximate surface area is 136 Å². The minimum absolute atomic E-state index is 0.261. The maximum atomic E-state index is 12.5. The van der Waals surface area contributed by atoms with E-state index in [2.05, 4.69) is 27.4 Å². The first-order valence-corrected chi connectivity index (χ1v) is 8.92. The van der Waals surface area contributed by atoms with Crippen LogP contribution in [0.2, 0.25) is 0 Å². The van der Waals surface area contributed by atoms with Gasteiger partial charge in [-0.25, -0.2) is 4.98 Å². The van der Waals surface area contributed by atoms with Crippen molar-refractivity contribution in [3.05, 3.63) is 35.1 Å². The van der Waals surface area contributed by atoms with Gasteiger partial charge in [0.05, 0.1) is 5.52 Å². The molecule has 0 aromatic carbocycles. The number of pyridine rings is 1. The number of hydrogen-bond acceptors (Lipinski definition) is 6. The average Bonchev–Trinajstić information content (AvgIpc) is 3.12. The van der Waals surface area contributed by atoms with E-state index in [4.69, 9.17) is 0 Å². The number of imidazole rings is 1. The Morgan fingerprint density at radius 1 is 1.41 bits per heavy atom. The fourth-order valence-electron chi connectivity index (χ4n) is 2.10. The summed E-state index contributed by atoms with van der Waals surface area (Å²) in [4.78, 5) is 16.9. The molecule has 22 heavy (non-hydrogen) atoms. The molecule has 0 fully saturated rings. The summed E-state index contributed by atoms with van der Waals surface area (Å²) in [5.41, 5.74) is 1.18. The molecular weight excluding hydrogens is 318 g/mol. The molecule has 3 aromatic heterocycles. The van der Waals surface area contributed by atoms with Crippen LogP contribution in [0.5, 0.6) is 0 Å². The van der Waals surface area contributed by atoms with Gasteiger partial charge in [0.15, 0.2) is 10.9 Å². The molecule has 0 radical (unpaired) electrons. The quantitative estimate of drug-likeness (QED) is 0.726. The van der Waals surface area contributed by atoms with E-state index >= 15 is 0 Å². The third kappa shape index (κ3) is 2.84. The zero-order valence-corrected chi connectivity index (χ0v) is 13.9. The van der Waals surface area contributed by atoms with Crippen molar-refractivity contribution in [3.8, 4) is 0 Å². The third-order valence-electron chi connectivity index (χ3n) is 3.06. The van der Waals surface area contributed by atoms with Crippen molar-refractivity contribution >= 4 is 39.7 Å². The van der Waals surface area contributed by atoms with E-state index in [1.807, 2.05) is 35.1 Å². The van der Waals surface area contributed by atoms with Crippen molar-refractivity contribution in [3.63, 3.8) is 0 Å². The monoisotopic (exact) mass is 333 g/mol. The summed E-state index contributed by atoms with van der Waals surface area (Å²) in [7, 11) is 0. The summed E-state index contributed by atoms with van der Waals surface area (Å²) < 4.78 is 1.90. The normalized spacial score (nSPS) is 11.0. The molecule has 3 rings (SSSR count). The van der Waals surface area contributed by atoms with Gasteiger partial charge in [0.1, 0.15) is 5.01 Å². The molecule has 0 saturated heterocycles. The lowest BCUT2D eigenvalue weighted by Gasteiger charge is -1.98. The number of aromatic nitrogens is 4. The van der Waals surface area contributed by atoms with Gasteiger partial charge in [-0.15, -0.1) is 10.2 Å². The van der Waals surface area contributed by atoms with Gasteiger partial charge in [-0.2, -0.15) is 0 Å². The number of carbonyl (C=O) groups is 1. The molecule has 1 N–H and O–H groups in total. The van der Waals surface area contributed by atoms with Gasteiger partial charge < -0.3 is 0 Å². The first-order chi connectivity index (χ1) is 10.7. The van der Waals surface area contributed by atoms with E-state index in [1.165, 1.54) is 23.1 Å². The summed E-state index contributed by atoms with van der Waals surface area (Å²) in [6, 6.07) is 5.68. The van der Waals surface area contributed by atoms with Crippen LogP contribution in [0, 0.1) is 0 Å². The van der Waals surface area contributed by atoms with Gasteiger partial charge in [-0.3, -0.25) is 14.5 Å². The lowest BCUT2D eigenvalue weighted by Crippen LogP contribution is -2.12. The maximum absolute atomic E-state index is 12.5. The number of amides is 1. The molecule has 0 aliphatic heterocycles. The molecule has 3 aromatic rings. The third-order valence-corrected chi connectivity index (χ3v) is 4.62. The summed E-state index contributed by atoms with van der Waals surface area (Å²) in [5, 5.41) is 13.1. The van der Waals surface area contributed by atoms with E-state index in [0.29, 0.717) is 10.8 Å². The van der Waals surface area contributed by atoms with Crippen LogP contribution in [-0.4, -0.2) is 31.7 Å². The number of thioether (sulfide) groups is 1. The molecule has 8 heteroatoms. The first-order valence-electron chi connectivity index (χ1n) is 6.87. The van der Waals surface area contributed by atoms with Gasteiger partial charge in [0.25, 0.3) is 5.91 Å². The summed E-state index contributed by atoms with van der Waals surface area (Å²) in [6.45, 7) is 2.08. The molecule has 0 saturated carbocycles. The van der Waals surface area contributed by atoms with Crippen molar-refractivity contribution in [2.45, 2.75) is 24.9 Å². The number of hydrogen-bond donors (Lipinski definition) is 1. The lowest BCUT2D eigenvalue weighted by molar-refractivity contribution is 0.102. The number of nitrogens with one attached hydrogen (secondary N) is 1. The lowest BCUT2D eigenvalue weighted by atomic mass is 10.3. The second-order valence-corrected chi connectivity index (χ2v) is 6.44. The van der Waals surface area contributed by atoms with Crippen LogP contribution in [0.1, 0.15) is 28.8 Å². The maximum Gasteiger partial charge on any atom is 0.278 e. The molecule has 3 heterocycles. The smallest absolute Gasteiger partial charge is 0.278 e. The topological polar surface area (TPSA) is 72.2 Å². The SMILES string of the molecule is CCCc1nnc(NC(=O)c2nc(SC)n3ccccc23)s1. The predicted molar refractivity (Wildman–Crippen MR) is 88.8 cm³/mol. The van der Waals surface area contributed by atoms with Crippen LogP contribution >= 0.6 is 23.1 Å². The van der Waals surface area contributed by atoms with E-state index in [-0.39, 0.29) is 5.91 Å².